The second-order valence-electron chi connectivity index (χ2n) is 6.55. The highest BCUT2D eigenvalue weighted by molar-refractivity contribution is 5.87. The second kappa shape index (κ2) is 6.35. The standard InChI is InChI=1S/C18H19N9/c1-19-17-15(25-14(8-22-17)27-7-5-20-11-27)12-3-6-26(9-12)18-13-2-4-21-16(13)23-10-24-18/h2,4-5,7-8,10-12H,3,6,9H2,1H3,(H,19,22)(H,21,23,24)/t12-/m1/s1. The van der Waals surface area contributed by atoms with E-state index in [4.69, 9.17) is 4.98 Å². The first-order valence-electron chi connectivity index (χ1n) is 8.89. The SMILES string of the molecule is CNc1ncc(-n2ccnc2)nc1[C@@H]1CCN(c2ncnc3[nH]ccc23)C1. The largest absolute Gasteiger partial charge is 0.372 e. The van der Waals surface area contributed by atoms with Crippen LogP contribution in [0.25, 0.3) is 16.9 Å². The smallest absolute Gasteiger partial charge is 0.156 e. The minimum Gasteiger partial charge on any atom is -0.372 e. The average Bonchev–Trinajstić information content (AvgIpc) is 3.48. The Hall–Kier alpha value is -3.49. The van der Waals surface area contributed by atoms with Gasteiger partial charge in [-0.3, -0.25) is 4.57 Å². The van der Waals surface area contributed by atoms with Crippen molar-refractivity contribution in [2.75, 3.05) is 30.4 Å². The molecule has 9 heteroatoms. The number of nitrogens with one attached hydrogen (secondary N) is 2. The molecule has 0 radical (unpaired) electrons. The van der Waals surface area contributed by atoms with E-state index in [1.165, 1.54) is 0 Å². The van der Waals surface area contributed by atoms with Crippen molar-refractivity contribution in [3.63, 3.8) is 0 Å². The molecule has 27 heavy (non-hydrogen) atoms. The van der Waals surface area contributed by atoms with Crippen LogP contribution in [-0.2, 0) is 0 Å². The number of H-pyrrole nitrogens is 1. The zero-order chi connectivity index (χ0) is 18.2. The van der Waals surface area contributed by atoms with Gasteiger partial charge in [-0.2, -0.15) is 0 Å². The number of fused-ring (bicyclic) bond motifs is 1. The van der Waals surface area contributed by atoms with Crippen LogP contribution >= 0.6 is 0 Å². The predicted molar refractivity (Wildman–Crippen MR) is 102 cm³/mol. The first-order valence-corrected chi connectivity index (χ1v) is 8.89. The van der Waals surface area contributed by atoms with E-state index in [9.17, 15) is 0 Å². The minimum absolute atomic E-state index is 0.271. The molecule has 1 aliphatic heterocycles. The van der Waals surface area contributed by atoms with Crippen molar-refractivity contribution >= 4 is 22.7 Å². The lowest BCUT2D eigenvalue weighted by Gasteiger charge is -2.19. The van der Waals surface area contributed by atoms with E-state index in [1.807, 2.05) is 30.1 Å². The lowest BCUT2D eigenvalue weighted by Crippen LogP contribution is -2.21. The maximum atomic E-state index is 4.88. The third kappa shape index (κ3) is 2.67. The van der Waals surface area contributed by atoms with Crippen LogP contribution in [-0.4, -0.2) is 54.6 Å². The van der Waals surface area contributed by atoms with Gasteiger partial charge >= 0.3 is 0 Å². The molecular weight excluding hydrogens is 342 g/mol. The number of hydrogen-bond donors (Lipinski definition) is 2. The van der Waals surface area contributed by atoms with Crippen molar-refractivity contribution in [3.8, 4) is 5.82 Å². The van der Waals surface area contributed by atoms with Crippen LogP contribution in [0.2, 0.25) is 0 Å². The van der Waals surface area contributed by atoms with Gasteiger partial charge in [0, 0.05) is 44.6 Å². The van der Waals surface area contributed by atoms with E-state index < -0.39 is 0 Å². The molecule has 9 nitrogen and oxygen atoms in total. The third-order valence-corrected chi connectivity index (χ3v) is 5.00. The Bertz CT molecular complexity index is 1070. The number of imidazole rings is 1. The summed E-state index contributed by atoms with van der Waals surface area (Å²) in [4.78, 5) is 27.8. The van der Waals surface area contributed by atoms with E-state index in [0.29, 0.717) is 0 Å². The van der Waals surface area contributed by atoms with Gasteiger partial charge in [0.1, 0.15) is 29.9 Å². The van der Waals surface area contributed by atoms with Crippen LogP contribution in [0.3, 0.4) is 0 Å². The molecule has 1 saturated heterocycles. The molecule has 2 N–H and O–H groups in total. The predicted octanol–water partition coefficient (Wildman–Crippen LogP) is 1.97. The first kappa shape index (κ1) is 15.7. The fraction of sp³-hybridized carbons (Fsp3) is 0.278. The number of rotatable bonds is 4. The van der Waals surface area contributed by atoms with Crippen molar-refractivity contribution in [1.29, 1.82) is 0 Å². The maximum Gasteiger partial charge on any atom is 0.156 e. The molecule has 4 aromatic rings. The molecule has 5 heterocycles. The van der Waals surface area contributed by atoms with Crippen molar-refractivity contribution in [1.82, 2.24) is 34.5 Å². The fourth-order valence-electron chi connectivity index (χ4n) is 3.68. The van der Waals surface area contributed by atoms with Crippen LogP contribution < -0.4 is 10.2 Å². The summed E-state index contributed by atoms with van der Waals surface area (Å²) in [6.07, 6.45) is 11.6. The molecule has 4 aromatic heterocycles. The third-order valence-electron chi connectivity index (χ3n) is 5.00. The molecule has 0 saturated carbocycles. The molecule has 0 bridgehead atoms. The van der Waals surface area contributed by atoms with Crippen LogP contribution in [0.4, 0.5) is 11.6 Å². The summed E-state index contributed by atoms with van der Waals surface area (Å²) < 4.78 is 1.87. The Morgan fingerprint density at radius 2 is 2.22 bits per heavy atom. The Labute approximate surface area is 155 Å². The number of aromatic nitrogens is 7. The highest BCUT2D eigenvalue weighted by Crippen LogP contribution is 2.34. The second-order valence-corrected chi connectivity index (χ2v) is 6.55. The van der Waals surface area contributed by atoms with Gasteiger partial charge < -0.3 is 15.2 Å². The van der Waals surface area contributed by atoms with Gasteiger partial charge in [0.25, 0.3) is 0 Å². The monoisotopic (exact) mass is 361 g/mol. The van der Waals surface area contributed by atoms with Crippen LogP contribution in [0.1, 0.15) is 18.0 Å². The van der Waals surface area contributed by atoms with Gasteiger partial charge in [-0.05, 0) is 12.5 Å². The Balaban J connectivity index is 1.47. The van der Waals surface area contributed by atoms with Gasteiger partial charge in [0.15, 0.2) is 5.82 Å². The van der Waals surface area contributed by atoms with Crippen molar-refractivity contribution in [2.45, 2.75) is 12.3 Å². The van der Waals surface area contributed by atoms with E-state index in [1.54, 1.807) is 25.0 Å². The Morgan fingerprint density at radius 1 is 1.26 bits per heavy atom. The zero-order valence-corrected chi connectivity index (χ0v) is 14.9. The van der Waals surface area contributed by atoms with E-state index in [-0.39, 0.29) is 5.92 Å². The number of nitrogens with zero attached hydrogens (tertiary/aromatic N) is 7. The van der Waals surface area contributed by atoms with Crippen molar-refractivity contribution in [3.05, 3.63) is 49.2 Å². The quantitative estimate of drug-likeness (QED) is 0.573. The highest BCUT2D eigenvalue weighted by Gasteiger charge is 2.29. The summed E-state index contributed by atoms with van der Waals surface area (Å²) >= 11 is 0. The molecule has 5 rings (SSSR count). The topological polar surface area (TPSA) is 100 Å². The number of anilines is 2. The van der Waals surface area contributed by atoms with Crippen molar-refractivity contribution < 1.29 is 0 Å². The summed E-state index contributed by atoms with van der Waals surface area (Å²) in [7, 11) is 1.88. The minimum atomic E-state index is 0.271. The molecule has 1 atom stereocenters. The van der Waals surface area contributed by atoms with Gasteiger partial charge in [0.2, 0.25) is 0 Å². The summed E-state index contributed by atoms with van der Waals surface area (Å²) in [6.45, 7) is 1.76. The average molecular weight is 361 g/mol. The maximum absolute atomic E-state index is 4.88. The van der Waals surface area contributed by atoms with Crippen molar-refractivity contribution in [2.24, 2.45) is 0 Å². The first-order chi connectivity index (χ1) is 13.3. The Morgan fingerprint density at radius 3 is 3.07 bits per heavy atom. The van der Waals surface area contributed by atoms with E-state index in [0.717, 1.165) is 53.7 Å². The lowest BCUT2D eigenvalue weighted by atomic mass is 10.0. The summed E-state index contributed by atoms with van der Waals surface area (Å²) in [5, 5.41) is 4.22. The normalized spacial score (nSPS) is 16.9. The molecule has 0 unspecified atom stereocenters. The number of aromatic amines is 1. The molecule has 1 fully saturated rings. The zero-order valence-electron chi connectivity index (χ0n) is 14.9. The van der Waals surface area contributed by atoms with Crippen LogP contribution in [0, 0.1) is 0 Å². The molecule has 0 amide bonds. The summed E-state index contributed by atoms with van der Waals surface area (Å²) in [5.74, 6) is 2.83. The molecule has 1 aliphatic rings. The van der Waals surface area contributed by atoms with E-state index in [2.05, 4.69) is 35.1 Å². The summed E-state index contributed by atoms with van der Waals surface area (Å²) in [5.41, 5.74) is 1.84. The van der Waals surface area contributed by atoms with Gasteiger partial charge in [0.05, 0.1) is 17.3 Å². The van der Waals surface area contributed by atoms with Gasteiger partial charge in [-0.15, -0.1) is 0 Å². The fourth-order valence-corrected chi connectivity index (χ4v) is 3.68. The summed E-state index contributed by atoms with van der Waals surface area (Å²) in [6, 6.07) is 2.02. The lowest BCUT2D eigenvalue weighted by molar-refractivity contribution is 0.733. The van der Waals surface area contributed by atoms with Crippen LogP contribution in [0.5, 0.6) is 0 Å². The molecular formula is C18H19N9. The molecule has 136 valence electrons. The van der Waals surface area contributed by atoms with Crippen LogP contribution in [0.15, 0.2) is 43.5 Å². The molecule has 0 aliphatic carbocycles. The Kier molecular flexibility index (Phi) is 3.70. The molecule has 0 aromatic carbocycles. The van der Waals surface area contributed by atoms with E-state index >= 15 is 0 Å². The highest BCUT2D eigenvalue weighted by atomic mass is 15.2. The molecule has 0 spiro atoms. The van der Waals surface area contributed by atoms with Gasteiger partial charge in [-0.1, -0.05) is 0 Å². The number of hydrogen-bond acceptors (Lipinski definition) is 7. The van der Waals surface area contributed by atoms with Gasteiger partial charge in [-0.25, -0.2) is 24.9 Å².